The van der Waals surface area contributed by atoms with Crippen LogP contribution in [0.15, 0.2) is 11.6 Å². The SMILES string of the molecule is CC[C@H](CC[C@@H](C)[C@H]1CC[C@H]2[C@@H]3CC=C4C[C@@H](OC(=O)N(CCC(C)(C)N)CCC(C)(C)N)CC[C@]4(C)[C@H]3CC[C@]12C)C(C)C. The second-order valence-electron chi connectivity index (χ2n) is 18.7. The number of hydrogen-bond donors (Lipinski definition) is 2. The van der Waals surface area contributed by atoms with E-state index in [-0.39, 0.29) is 28.7 Å². The summed E-state index contributed by atoms with van der Waals surface area (Å²) in [5.74, 6) is 5.88. The van der Waals surface area contributed by atoms with Crippen molar-refractivity contribution in [1.29, 1.82) is 0 Å². The third kappa shape index (κ3) is 8.51. The monoisotopic (exact) mass is 628 g/mol. The molecule has 0 aromatic heterocycles. The van der Waals surface area contributed by atoms with Crippen molar-refractivity contribution in [1.82, 2.24) is 4.90 Å². The number of fused-ring (bicyclic) bond motifs is 5. The molecule has 45 heavy (non-hydrogen) atoms. The highest BCUT2D eigenvalue weighted by Crippen LogP contribution is 2.67. The van der Waals surface area contributed by atoms with Gasteiger partial charge in [-0.1, -0.05) is 66.0 Å². The van der Waals surface area contributed by atoms with Gasteiger partial charge in [0.25, 0.3) is 0 Å². The molecule has 3 saturated carbocycles. The van der Waals surface area contributed by atoms with Gasteiger partial charge in [0.2, 0.25) is 0 Å². The van der Waals surface area contributed by atoms with Gasteiger partial charge in [-0.2, -0.15) is 0 Å². The van der Waals surface area contributed by atoms with E-state index in [1.165, 1.54) is 51.4 Å². The lowest BCUT2D eigenvalue weighted by molar-refractivity contribution is -0.0596. The van der Waals surface area contributed by atoms with E-state index < -0.39 is 0 Å². The molecule has 0 aromatic rings. The van der Waals surface area contributed by atoms with Gasteiger partial charge in [0.15, 0.2) is 0 Å². The Hall–Kier alpha value is -1.07. The minimum atomic E-state index is -0.327. The zero-order chi connectivity index (χ0) is 33.4. The number of nitrogens with zero attached hydrogens (tertiary/aromatic N) is 1. The van der Waals surface area contributed by atoms with Crippen LogP contribution in [0.25, 0.3) is 0 Å². The Balaban J connectivity index is 1.40. The first-order valence-corrected chi connectivity index (χ1v) is 19.1. The van der Waals surface area contributed by atoms with E-state index in [1.807, 2.05) is 32.6 Å². The topological polar surface area (TPSA) is 81.6 Å². The van der Waals surface area contributed by atoms with Crippen molar-refractivity contribution in [3.63, 3.8) is 0 Å². The molecule has 4 aliphatic rings. The summed E-state index contributed by atoms with van der Waals surface area (Å²) in [6, 6.07) is 0. The molecule has 4 rings (SSSR count). The number of carbonyl (C=O) groups is 1. The molecule has 0 bridgehead atoms. The van der Waals surface area contributed by atoms with Crippen LogP contribution in [0.5, 0.6) is 0 Å². The third-order valence-corrected chi connectivity index (χ3v) is 13.9. The lowest BCUT2D eigenvalue weighted by Gasteiger charge is -2.58. The van der Waals surface area contributed by atoms with E-state index in [0.29, 0.717) is 18.5 Å². The largest absolute Gasteiger partial charge is 0.446 e. The third-order valence-electron chi connectivity index (χ3n) is 13.9. The van der Waals surface area contributed by atoms with Crippen LogP contribution in [0.3, 0.4) is 0 Å². The van der Waals surface area contributed by atoms with Gasteiger partial charge < -0.3 is 21.1 Å². The first-order valence-electron chi connectivity index (χ1n) is 19.1. The van der Waals surface area contributed by atoms with Crippen LogP contribution in [0.1, 0.15) is 153 Å². The van der Waals surface area contributed by atoms with E-state index >= 15 is 0 Å². The number of rotatable bonds is 13. The lowest BCUT2D eigenvalue weighted by Crippen LogP contribution is -2.51. The van der Waals surface area contributed by atoms with Crippen LogP contribution in [0.4, 0.5) is 4.79 Å². The molecule has 3 fully saturated rings. The molecule has 5 nitrogen and oxygen atoms in total. The van der Waals surface area contributed by atoms with Crippen molar-refractivity contribution >= 4 is 6.09 Å². The first-order chi connectivity index (χ1) is 20.9. The maximum Gasteiger partial charge on any atom is 0.410 e. The summed E-state index contributed by atoms with van der Waals surface area (Å²) in [7, 11) is 0. The minimum Gasteiger partial charge on any atom is -0.446 e. The van der Waals surface area contributed by atoms with Crippen molar-refractivity contribution in [3.8, 4) is 0 Å². The van der Waals surface area contributed by atoms with Gasteiger partial charge in [0.1, 0.15) is 6.10 Å². The molecule has 0 saturated heterocycles. The standard InChI is InChI=1S/C40H73N3O2/c1-11-29(27(2)3)13-12-28(4)33-16-17-34-32-15-14-30-26-31(18-20-39(30,9)35(32)19-21-40(33,34)10)45-36(44)43(24-22-37(5,6)41)25-23-38(7,8)42/h14,27-29,31-35H,11-13,15-26,41-42H2,1-10H3/t28-,29-,31+,32+,33-,34+,35+,39+,40-/m1/s1. The molecule has 1 amide bonds. The molecule has 0 aliphatic heterocycles. The van der Waals surface area contributed by atoms with Gasteiger partial charge in [-0.3, -0.25) is 0 Å². The Morgan fingerprint density at radius 3 is 2.18 bits per heavy atom. The smallest absolute Gasteiger partial charge is 0.410 e. The number of allylic oxidation sites excluding steroid dienone is 1. The molecule has 4 aliphatic carbocycles. The fourth-order valence-electron chi connectivity index (χ4n) is 10.7. The molecule has 4 N–H and O–H groups in total. The molecule has 9 atom stereocenters. The van der Waals surface area contributed by atoms with E-state index in [0.717, 1.165) is 73.5 Å². The minimum absolute atomic E-state index is 0.0315. The summed E-state index contributed by atoms with van der Waals surface area (Å²) in [5.41, 5.74) is 14.3. The average molecular weight is 628 g/mol. The summed E-state index contributed by atoms with van der Waals surface area (Å²) in [6.45, 7) is 24.4. The molecule has 5 heteroatoms. The summed E-state index contributed by atoms with van der Waals surface area (Å²) in [5, 5.41) is 0. The Kier molecular flexibility index (Phi) is 11.6. The zero-order valence-corrected chi connectivity index (χ0v) is 31.2. The van der Waals surface area contributed by atoms with Crippen molar-refractivity contribution < 1.29 is 9.53 Å². The maximum absolute atomic E-state index is 13.5. The summed E-state index contributed by atoms with van der Waals surface area (Å²) in [6.07, 6.45) is 17.9. The van der Waals surface area contributed by atoms with Gasteiger partial charge >= 0.3 is 6.09 Å². The molecular weight excluding hydrogens is 554 g/mol. The van der Waals surface area contributed by atoms with Crippen molar-refractivity contribution in [3.05, 3.63) is 11.6 Å². The highest BCUT2D eigenvalue weighted by Gasteiger charge is 2.59. The molecule has 260 valence electrons. The van der Waals surface area contributed by atoms with Gasteiger partial charge in [-0.05, 0) is 144 Å². The van der Waals surface area contributed by atoms with Gasteiger partial charge in [-0.15, -0.1) is 0 Å². The van der Waals surface area contributed by atoms with Crippen LogP contribution in [0, 0.1) is 52.3 Å². The first kappa shape index (κ1) is 36.8. The van der Waals surface area contributed by atoms with Crippen LogP contribution >= 0.6 is 0 Å². The van der Waals surface area contributed by atoms with Crippen LogP contribution < -0.4 is 11.5 Å². The van der Waals surface area contributed by atoms with Gasteiger partial charge in [0, 0.05) is 30.6 Å². The van der Waals surface area contributed by atoms with E-state index in [2.05, 4.69) is 47.6 Å². The lowest BCUT2D eigenvalue weighted by atomic mass is 9.47. The van der Waals surface area contributed by atoms with Gasteiger partial charge in [-0.25, -0.2) is 4.79 Å². The molecular formula is C40H73N3O2. The van der Waals surface area contributed by atoms with E-state index in [4.69, 9.17) is 16.2 Å². The molecule has 0 aromatic carbocycles. The van der Waals surface area contributed by atoms with Crippen LogP contribution in [-0.2, 0) is 4.74 Å². The second-order valence-corrected chi connectivity index (χ2v) is 18.7. The Bertz CT molecular complexity index is 1010. The number of nitrogens with two attached hydrogens (primary N) is 2. The Morgan fingerprint density at radius 1 is 0.956 bits per heavy atom. The molecule has 0 radical (unpaired) electrons. The normalized spacial score (nSPS) is 34.8. The zero-order valence-electron chi connectivity index (χ0n) is 31.2. The predicted octanol–water partition coefficient (Wildman–Crippen LogP) is 9.73. The summed E-state index contributed by atoms with van der Waals surface area (Å²) in [4.78, 5) is 15.3. The van der Waals surface area contributed by atoms with Crippen molar-refractivity contribution in [2.75, 3.05) is 13.1 Å². The number of amides is 1. The fourth-order valence-corrected chi connectivity index (χ4v) is 10.7. The summed E-state index contributed by atoms with van der Waals surface area (Å²) < 4.78 is 6.27. The van der Waals surface area contributed by atoms with Crippen LogP contribution in [-0.4, -0.2) is 41.3 Å². The molecule has 0 unspecified atom stereocenters. The van der Waals surface area contributed by atoms with E-state index in [9.17, 15) is 4.79 Å². The number of carbonyl (C=O) groups excluding carboxylic acids is 1. The molecule has 0 heterocycles. The maximum atomic E-state index is 13.5. The van der Waals surface area contributed by atoms with Crippen molar-refractivity contribution in [2.45, 2.75) is 170 Å². The molecule has 0 spiro atoms. The predicted molar refractivity (Wildman–Crippen MR) is 190 cm³/mol. The highest BCUT2D eigenvalue weighted by atomic mass is 16.6. The Labute approximate surface area is 278 Å². The highest BCUT2D eigenvalue weighted by molar-refractivity contribution is 5.68. The van der Waals surface area contributed by atoms with Crippen molar-refractivity contribution in [2.24, 2.45) is 63.7 Å². The van der Waals surface area contributed by atoms with Gasteiger partial charge in [0.05, 0.1) is 0 Å². The number of hydrogen-bond acceptors (Lipinski definition) is 4. The quantitative estimate of drug-likeness (QED) is 0.199. The second kappa shape index (κ2) is 14.2. The summed E-state index contributed by atoms with van der Waals surface area (Å²) >= 11 is 0. The van der Waals surface area contributed by atoms with Crippen LogP contribution in [0.2, 0.25) is 0 Å². The Morgan fingerprint density at radius 2 is 1.60 bits per heavy atom. The average Bonchev–Trinajstić information content (AvgIpc) is 3.29. The fraction of sp³-hybridized carbons (Fsp3) is 0.925. The van der Waals surface area contributed by atoms with E-state index in [1.54, 1.807) is 5.57 Å². The number of ether oxygens (including phenoxy) is 1.